The molecule has 0 aliphatic rings. The maximum atomic E-state index is 12.3. The number of nitrogens with one attached hydrogen (secondary N) is 3. The molecule has 3 aromatic heterocycles. The summed E-state index contributed by atoms with van der Waals surface area (Å²) in [6, 6.07) is 22.3. The second kappa shape index (κ2) is 11.7. The standard InChI is InChI=1S/C30H29N7O4/c1-30(2,3)41-29(39)33-19-26(38)34-21-7-6-8-22(18-21)35-28-32-15-12-27(36-28)40-23-10-11-24-20(17-23)13-16-37(24)25-9-4-5-14-31-25/h4-18H,19H2,1-3H3,(H,33,39)(H,34,38)(H,32,35,36). The molecular weight excluding hydrogens is 522 g/mol. The summed E-state index contributed by atoms with van der Waals surface area (Å²) >= 11 is 0. The molecule has 5 rings (SSSR count). The van der Waals surface area contributed by atoms with Crippen LogP contribution in [-0.2, 0) is 9.53 Å². The molecule has 11 heteroatoms. The SMILES string of the molecule is CC(C)(C)OC(=O)NCC(=O)Nc1cccc(Nc2nccc(Oc3ccc4c(ccn4-c4ccccn4)c3)n2)c1. The highest BCUT2D eigenvalue weighted by Crippen LogP contribution is 2.27. The van der Waals surface area contributed by atoms with Crippen molar-refractivity contribution >= 4 is 40.2 Å². The summed E-state index contributed by atoms with van der Waals surface area (Å²) in [5.41, 5.74) is 1.54. The van der Waals surface area contributed by atoms with Gasteiger partial charge in [-0.1, -0.05) is 12.1 Å². The van der Waals surface area contributed by atoms with Crippen LogP contribution in [0.25, 0.3) is 16.7 Å². The quantitative estimate of drug-likeness (QED) is 0.220. The van der Waals surface area contributed by atoms with Crippen LogP contribution in [0.1, 0.15) is 20.8 Å². The number of anilines is 3. The summed E-state index contributed by atoms with van der Waals surface area (Å²) in [7, 11) is 0. The third kappa shape index (κ3) is 7.35. The van der Waals surface area contributed by atoms with E-state index in [-0.39, 0.29) is 6.54 Å². The fourth-order valence-electron chi connectivity index (χ4n) is 3.94. The fraction of sp³-hybridized carbons (Fsp3) is 0.167. The molecule has 0 radical (unpaired) electrons. The second-order valence-electron chi connectivity index (χ2n) is 10.0. The minimum Gasteiger partial charge on any atom is -0.444 e. The van der Waals surface area contributed by atoms with E-state index in [1.165, 1.54) is 0 Å². The average molecular weight is 552 g/mol. The summed E-state index contributed by atoms with van der Waals surface area (Å²) in [6.45, 7) is 5.02. The van der Waals surface area contributed by atoms with Crippen LogP contribution in [0, 0.1) is 0 Å². The number of benzene rings is 2. The van der Waals surface area contributed by atoms with E-state index in [2.05, 4.69) is 30.9 Å². The number of hydrogen-bond acceptors (Lipinski definition) is 8. The van der Waals surface area contributed by atoms with Gasteiger partial charge in [0.2, 0.25) is 17.7 Å². The first-order chi connectivity index (χ1) is 19.7. The van der Waals surface area contributed by atoms with Crippen LogP contribution in [0.5, 0.6) is 11.6 Å². The zero-order valence-corrected chi connectivity index (χ0v) is 22.8. The second-order valence-corrected chi connectivity index (χ2v) is 10.0. The molecule has 0 atom stereocenters. The minimum atomic E-state index is -0.662. The van der Waals surface area contributed by atoms with Crippen molar-refractivity contribution < 1.29 is 19.1 Å². The van der Waals surface area contributed by atoms with Crippen molar-refractivity contribution in [2.45, 2.75) is 26.4 Å². The fourth-order valence-corrected chi connectivity index (χ4v) is 3.94. The molecule has 2 amide bonds. The molecule has 5 aromatic rings. The van der Waals surface area contributed by atoms with E-state index in [1.54, 1.807) is 57.4 Å². The Labute approximate surface area is 236 Å². The van der Waals surface area contributed by atoms with Crippen LogP contribution in [0.2, 0.25) is 0 Å². The number of pyridine rings is 1. The van der Waals surface area contributed by atoms with E-state index in [0.29, 0.717) is 29.0 Å². The number of rotatable bonds is 8. The van der Waals surface area contributed by atoms with Gasteiger partial charge in [-0.3, -0.25) is 4.79 Å². The first kappa shape index (κ1) is 27.1. The van der Waals surface area contributed by atoms with Crippen LogP contribution < -0.4 is 20.7 Å². The van der Waals surface area contributed by atoms with E-state index < -0.39 is 17.6 Å². The summed E-state index contributed by atoms with van der Waals surface area (Å²) < 4.78 is 13.2. The van der Waals surface area contributed by atoms with E-state index in [0.717, 1.165) is 16.7 Å². The molecule has 0 aliphatic carbocycles. The summed E-state index contributed by atoms with van der Waals surface area (Å²) in [6.07, 6.45) is 4.66. The van der Waals surface area contributed by atoms with Gasteiger partial charge in [0.1, 0.15) is 23.7 Å². The van der Waals surface area contributed by atoms with Gasteiger partial charge in [0.05, 0.1) is 5.52 Å². The van der Waals surface area contributed by atoms with Gasteiger partial charge in [-0.25, -0.2) is 14.8 Å². The molecule has 0 saturated heterocycles. The average Bonchev–Trinajstić information content (AvgIpc) is 3.35. The van der Waals surface area contributed by atoms with Crippen molar-refractivity contribution in [3.63, 3.8) is 0 Å². The van der Waals surface area contributed by atoms with Gasteiger partial charge in [-0.05, 0) is 75.4 Å². The summed E-state index contributed by atoms with van der Waals surface area (Å²) in [5.74, 6) is 1.75. The lowest BCUT2D eigenvalue weighted by Crippen LogP contribution is -2.37. The Bertz CT molecular complexity index is 1680. The zero-order chi connectivity index (χ0) is 28.8. The molecule has 0 fully saturated rings. The maximum Gasteiger partial charge on any atom is 0.408 e. The Morgan fingerprint density at radius 1 is 0.902 bits per heavy atom. The molecule has 41 heavy (non-hydrogen) atoms. The number of nitrogens with zero attached hydrogens (tertiary/aromatic N) is 4. The van der Waals surface area contributed by atoms with Crippen molar-refractivity contribution in [2.75, 3.05) is 17.2 Å². The van der Waals surface area contributed by atoms with Crippen LogP contribution in [0.15, 0.2) is 91.4 Å². The van der Waals surface area contributed by atoms with Crippen LogP contribution in [0.3, 0.4) is 0 Å². The lowest BCUT2D eigenvalue weighted by Gasteiger charge is -2.19. The number of amides is 2. The predicted molar refractivity (Wildman–Crippen MR) is 156 cm³/mol. The molecule has 0 spiro atoms. The van der Waals surface area contributed by atoms with Gasteiger partial charge in [-0.2, -0.15) is 4.98 Å². The van der Waals surface area contributed by atoms with Gasteiger partial charge < -0.3 is 30.0 Å². The lowest BCUT2D eigenvalue weighted by molar-refractivity contribution is -0.115. The van der Waals surface area contributed by atoms with E-state index in [9.17, 15) is 9.59 Å². The Balaban J connectivity index is 1.21. The number of carbonyl (C=O) groups excluding carboxylic acids is 2. The number of carbonyl (C=O) groups is 2. The largest absolute Gasteiger partial charge is 0.444 e. The highest BCUT2D eigenvalue weighted by atomic mass is 16.6. The molecule has 2 aromatic carbocycles. The molecule has 3 heterocycles. The maximum absolute atomic E-state index is 12.3. The van der Waals surface area contributed by atoms with Crippen LogP contribution >= 0.6 is 0 Å². The highest BCUT2D eigenvalue weighted by molar-refractivity contribution is 5.94. The van der Waals surface area contributed by atoms with Crippen molar-refractivity contribution in [2.24, 2.45) is 0 Å². The minimum absolute atomic E-state index is 0.227. The zero-order valence-electron chi connectivity index (χ0n) is 22.8. The van der Waals surface area contributed by atoms with Crippen molar-refractivity contribution in [3.05, 3.63) is 91.4 Å². The van der Waals surface area contributed by atoms with Gasteiger partial charge in [-0.15, -0.1) is 0 Å². The molecule has 0 unspecified atom stereocenters. The Hall–Kier alpha value is -5.45. The third-order valence-electron chi connectivity index (χ3n) is 5.60. The van der Waals surface area contributed by atoms with Crippen LogP contribution in [0.4, 0.5) is 22.1 Å². The lowest BCUT2D eigenvalue weighted by atomic mass is 10.2. The Kier molecular flexibility index (Phi) is 7.77. The molecule has 0 saturated carbocycles. The van der Waals surface area contributed by atoms with E-state index in [4.69, 9.17) is 9.47 Å². The first-order valence-corrected chi connectivity index (χ1v) is 12.9. The number of hydrogen-bond donors (Lipinski definition) is 3. The van der Waals surface area contributed by atoms with Gasteiger partial charge in [0.15, 0.2) is 0 Å². The van der Waals surface area contributed by atoms with Crippen molar-refractivity contribution in [3.8, 4) is 17.4 Å². The summed E-state index contributed by atoms with van der Waals surface area (Å²) in [5, 5.41) is 9.29. The molecular formula is C30H29N7O4. The number of alkyl carbamates (subject to hydrolysis) is 1. The first-order valence-electron chi connectivity index (χ1n) is 12.9. The van der Waals surface area contributed by atoms with Gasteiger partial charge in [0.25, 0.3) is 0 Å². The smallest absolute Gasteiger partial charge is 0.408 e. The van der Waals surface area contributed by atoms with Gasteiger partial charge in [0, 0.05) is 41.4 Å². The normalized spacial score (nSPS) is 11.1. The van der Waals surface area contributed by atoms with Crippen molar-refractivity contribution in [1.29, 1.82) is 0 Å². The Morgan fingerprint density at radius 2 is 1.76 bits per heavy atom. The Morgan fingerprint density at radius 3 is 2.56 bits per heavy atom. The molecule has 3 N–H and O–H groups in total. The van der Waals surface area contributed by atoms with Gasteiger partial charge >= 0.3 is 6.09 Å². The van der Waals surface area contributed by atoms with E-state index in [1.807, 2.05) is 59.3 Å². The summed E-state index contributed by atoms with van der Waals surface area (Å²) in [4.78, 5) is 37.2. The molecule has 208 valence electrons. The van der Waals surface area contributed by atoms with Crippen molar-refractivity contribution in [1.82, 2.24) is 24.8 Å². The number of ether oxygens (including phenoxy) is 2. The molecule has 0 aliphatic heterocycles. The molecule has 11 nitrogen and oxygen atoms in total. The predicted octanol–water partition coefficient (Wildman–Crippen LogP) is 5.81. The molecule has 0 bridgehead atoms. The van der Waals surface area contributed by atoms with E-state index >= 15 is 0 Å². The monoisotopic (exact) mass is 551 g/mol. The number of aromatic nitrogens is 4. The third-order valence-corrected chi connectivity index (χ3v) is 5.60. The van der Waals surface area contributed by atoms with Crippen LogP contribution in [-0.4, -0.2) is 43.7 Å². The highest BCUT2D eigenvalue weighted by Gasteiger charge is 2.16. The topological polar surface area (TPSA) is 132 Å². The number of fused-ring (bicyclic) bond motifs is 1.